The normalized spacial score (nSPS) is 14.2. The molecule has 0 aliphatic rings. The van der Waals surface area contributed by atoms with E-state index in [-0.39, 0.29) is 25.2 Å². The first-order valence-corrected chi connectivity index (χ1v) is 10.7. The van der Waals surface area contributed by atoms with E-state index in [0.29, 0.717) is 0 Å². The largest absolute Gasteiger partial charge is 0.481 e. The molecule has 0 aliphatic heterocycles. The van der Waals surface area contributed by atoms with Crippen LogP contribution < -0.4 is 21.7 Å². The molecule has 15 heteroatoms. The van der Waals surface area contributed by atoms with Gasteiger partial charge in [0.1, 0.15) is 18.1 Å². The summed E-state index contributed by atoms with van der Waals surface area (Å²) in [6.45, 7) is 3.46. The van der Waals surface area contributed by atoms with Crippen LogP contribution in [0.25, 0.3) is 0 Å². The predicted octanol–water partition coefficient (Wildman–Crippen LogP) is -1.90. The Morgan fingerprint density at radius 2 is 1.11 bits per heavy atom. The Balaban J connectivity index is 5.57. The Labute approximate surface area is 200 Å². The molecule has 0 aromatic rings. The topological polar surface area (TPSA) is 263 Å². The van der Waals surface area contributed by atoms with Gasteiger partial charge in [0.2, 0.25) is 17.7 Å². The lowest BCUT2D eigenvalue weighted by atomic mass is 10.0. The van der Waals surface area contributed by atoms with Crippen molar-refractivity contribution in [2.45, 2.75) is 76.5 Å². The standard InChI is InChI=1S/C20H32N4O11/c1-9(2)7-12(23-17(31)10(21)3-5-14(25)26)19(33)22-11(4-6-15(27)28)18(32)24-13(20(34)35)8-16(29)30/h9-13H,3-8,21H2,1-2H3,(H,22,33)(H,23,31)(H,24,32)(H,25,26)(H,27,28)(H,29,30)(H,34,35). The molecule has 0 saturated heterocycles. The molecular formula is C20H32N4O11. The Kier molecular flexibility index (Phi) is 13.6. The maximum absolute atomic E-state index is 12.9. The van der Waals surface area contributed by atoms with Gasteiger partial charge in [0.05, 0.1) is 12.5 Å². The SMILES string of the molecule is CC(C)CC(NC(=O)C(N)CCC(=O)O)C(=O)NC(CCC(=O)O)C(=O)NC(CC(=O)O)C(=O)O. The van der Waals surface area contributed by atoms with E-state index in [1.165, 1.54) is 0 Å². The molecule has 15 nitrogen and oxygen atoms in total. The van der Waals surface area contributed by atoms with E-state index in [1.807, 2.05) is 5.32 Å². The second-order valence-corrected chi connectivity index (χ2v) is 8.22. The van der Waals surface area contributed by atoms with E-state index in [9.17, 15) is 33.6 Å². The summed E-state index contributed by atoms with van der Waals surface area (Å²) in [5.74, 6) is -8.61. The molecule has 4 atom stereocenters. The predicted molar refractivity (Wildman–Crippen MR) is 117 cm³/mol. The molecule has 35 heavy (non-hydrogen) atoms. The lowest BCUT2D eigenvalue weighted by Gasteiger charge is -2.25. The first-order valence-electron chi connectivity index (χ1n) is 10.7. The smallest absolute Gasteiger partial charge is 0.326 e. The Morgan fingerprint density at radius 1 is 0.657 bits per heavy atom. The van der Waals surface area contributed by atoms with Gasteiger partial charge in [-0.1, -0.05) is 13.8 Å². The fourth-order valence-electron chi connectivity index (χ4n) is 2.85. The van der Waals surface area contributed by atoms with Gasteiger partial charge in [0, 0.05) is 12.8 Å². The van der Waals surface area contributed by atoms with E-state index in [4.69, 9.17) is 26.2 Å². The van der Waals surface area contributed by atoms with Gasteiger partial charge in [0.25, 0.3) is 0 Å². The summed E-state index contributed by atoms with van der Waals surface area (Å²) < 4.78 is 0. The highest BCUT2D eigenvalue weighted by Gasteiger charge is 2.31. The Hall–Kier alpha value is -3.75. The lowest BCUT2D eigenvalue weighted by Crippen LogP contribution is -2.57. The average Bonchev–Trinajstić information content (AvgIpc) is 2.72. The molecule has 0 aromatic carbocycles. The molecule has 9 N–H and O–H groups in total. The molecule has 198 valence electrons. The molecular weight excluding hydrogens is 472 g/mol. The molecule has 0 radical (unpaired) electrons. The minimum absolute atomic E-state index is 0.0766. The van der Waals surface area contributed by atoms with Gasteiger partial charge in [-0.3, -0.25) is 28.8 Å². The molecule has 0 aliphatic carbocycles. The van der Waals surface area contributed by atoms with Crippen LogP contribution >= 0.6 is 0 Å². The molecule has 4 unspecified atom stereocenters. The van der Waals surface area contributed by atoms with Crippen molar-refractivity contribution in [3.8, 4) is 0 Å². The minimum Gasteiger partial charge on any atom is -0.481 e. The van der Waals surface area contributed by atoms with Gasteiger partial charge >= 0.3 is 23.9 Å². The monoisotopic (exact) mass is 504 g/mol. The van der Waals surface area contributed by atoms with Gasteiger partial charge < -0.3 is 42.1 Å². The van der Waals surface area contributed by atoms with Crippen LogP contribution in [-0.4, -0.2) is 86.2 Å². The number of carbonyl (C=O) groups excluding carboxylic acids is 3. The van der Waals surface area contributed by atoms with Crippen LogP contribution in [0.4, 0.5) is 0 Å². The minimum atomic E-state index is -1.83. The summed E-state index contributed by atoms with van der Waals surface area (Å²) in [6, 6.07) is -5.84. The van der Waals surface area contributed by atoms with Crippen molar-refractivity contribution in [1.82, 2.24) is 16.0 Å². The summed E-state index contributed by atoms with van der Waals surface area (Å²) in [5.41, 5.74) is 5.66. The number of carbonyl (C=O) groups is 7. The van der Waals surface area contributed by atoms with E-state index in [2.05, 4.69) is 10.6 Å². The molecule has 0 fully saturated rings. The summed E-state index contributed by atoms with van der Waals surface area (Å²) in [5, 5.41) is 42.2. The number of aliphatic carboxylic acids is 4. The molecule has 0 spiro atoms. The van der Waals surface area contributed by atoms with E-state index >= 15 is 0 Å². The second-order valence-electron chi connectivity index (χ2n) is 8.22. The summed E-state index contributed by atoms with van der Waals surface area (Å²) in [4.78, 5) is 81.5. The molecule has 0 rings (SSSR count). The molecule has 3 amide bonds. The van der Waals surface area contributed by atoms with E-state index < -0.39 is 85.0 Å². The fraction of sp³-hybridized carbons (Fsp3) is 0.650. The van der Waals surface area contributed by atoms with Crippen LogP contribution in [0, 0.1) is 5.92 Å². The van der Waals surface area contributed by atoms with Crippen LogP contribution in [0.2, 0.25) is 0 Å². The highest BCUT2D eigenvalue weighted by Crippen LogP contribution is 2.08. The van der Waals surface area contributed by atoms with Crippen molar-refractivity contribution >= 4 is 41.6 Å². The zero-order valence-electron chi connectivity index (χ0n) is 19.4. The van der Waals surface area contributed by atoms with Crippen molar-refractivity contribution in [1.29, 1.82) is 0 Å². The second kappa shape index (κ2) is 15.2. The van der Waals surface area contributed by atoms with Crippen molar-refractivity contribution < 1.29 is 54.0 Å². The first kappa shape index (κ1) is 31.2. The third-order valence-corrected chi connectivity index (χ3v) is 4.62. The van der Waals surface area contributed by atoms with Crippen LogP contribution in [0.1, 0.15) is 52.4 Å². The third kappa shape index (κ3) is 13.5. The van der Waals surface area contributed by atoms with Crippen molar-refractivity contribution in [2.75, 3.05) is 0 Å². The zero-order chi connectivity index (χ0) is 27.3. The lowest BCUT2D eigenvalue weighted by molar-refractivity contribution is -0.147. The van der Waals surface area contributed by atoms with Gasteiger partial charge in [-0.25, -0.2) is 4.79 Å². The van der Waals surface area contributed by atoms with Crippen molar-refractivity contribution in [3.05, 3.63) is 0 Å². The fourth-order valence-corrected chi connectivity index (χ4v) is 2.85. The number of carboxylic acid groups (broad SMARTS) is 4. The molecule has 0 saturated carbocycles. The molecule has 0 aromatic heterocycles. The summed E-state index contributed by atoms with van der Waals surface area (Å²) in [6.07, 6.45) is -2.49. The number of hydrogen-bond acceptors (Lipinski definition) is 8. The third-order valence-electron chi connectivity index (χ3n) is 4.62. The number of amides is 3. The zero-order valence-corrected chi connectivity index (χ0v) is 19.4. The number of carboxylic acids is 4. The number of hydrogen-bond donors (Lipinski definition) is 8. The number of rotatable bonds is 17. The Morgan fingerprint density at radius 3 is 1.57 bits per heavy atom. The van der Waals surface area contributed by atoms with Gasteiger partial charge in [-0.05, 0) is 25.2 Å². The van der Waals surface area contributed by atoms with E-state index in [0.717, 1.165) is 0 Å². The highest BCUT2D eigenvalue weighted by atomic mass is 16.4. The van der Waals surface area contributed by atoms with Crippen LogP contribution in [0.15, 0.2) is 0 Å². The van der Waals surface area contributed by atoms with Gasteiger partial charge in [-0.2, -0.15) is 0 Å². The number of nitrogens with two attached hydrogens (primary N) is 1. The number of nitrogens with one attached hydrogen (secondary N) is 3. The maximum atomic E-state index is 12.9. The van der Waals surface area contributed by atoms with Gasteiger partial charge in [0.15, 0.2) is 0 Å². The van der Waals surface area contributed by atoms with Crippen LogP contribution in [0.3, 0.4) is 0 Å². The van der Waals surface area contributed by atoms with Gasteiger partial charge in [-0.15, -0.1) is 0 Å². The van der Waals surface area contributed by atoms with Crippen LogP contribution in [-0.2, 0) is 33.6 Å². The summed E-state index contributed by atoms with van der Waals surface area (Å²) in [7, 11) is 0. The Bertz CT molecular complexity index is 815. The quantitative estimate of drug-likeness (QED) is 0.108. The highest BCUT2D eigenvalue weighted by molar-refractivity contribution is 5.94. The van der Waals surface area contributed by atoms with Crippen LogP contribution in [0.5, 0.6) is 0 Å². The molecule has 0 bridgehead atoms. The summed E-state index contributed by atoms with van der Waals surface area (Å²) >= 11 is 0. The maximum Gasteiger partial charge on any atom is 0.326 e. The average molecular weight is 504 g/mol. The van der Waals surface area contributed by atoms with Crippen molar-refractivity contribution in [3.63, 3.8) is 0 Å². The molecule has 0 heterocycles. The van der Waals surface area contributed by atoms with Crippen molar-refractivity contribution in [2.24, 2.45) is 11.7 Å². The first-order chi connectivity index (χ1) is 16.1. The van der Waals surface area contributed by atoms with E-state index in [1.54, 1.807) is 13.8 Å².